The minimum absolute atomic E-state index is 0.00945. The molecule has 3 heteroatoms. The maximum Gasteiger partial charge on any atom is 0.192 e. The predicted molar refractivity (Wildman–Crippen MR) is 110 cm³/mol. The number of hydrogen-bond donors (Lipinski definition) is 1. The van der Waals surface area contributed by atoms with Gasteiger partial charge >= 0.3 is 0 Å². The van der Waals surface area contributed by atoms with Gasteiger partial charge in [-0.15, -0.1) is 0 Å². The van der Waals surface area contributed by atoms with Crippen LogP contribution in [0.1, 0.15) is 71.8 Å². The molecule has 1 N–H and O–H groups in total. The summed E-state index contributed by atoms with van der Waals surface area (Å²) < 4.78 is -0.112. The molecule has 0 radical (unpaired) electrons. The smallest absolute Gasteiger partial charge is 0.192 e. The first-order valence-corrected chi connectivity index (χ1v) is 10.2. The van der Waals surface area contributed by atoms with Crippen LogP contribution in [-0.2, 0) is 4.79 Å². The molecule has 0 fully saturated rings. The lowest BCUT2D eigenvalue weighted by Crippen LogP contribution is -2.26. The highest BCUT2D eigenvalue weighted by Gasteiger charge is 2.27. The molecular weight excluding hydrogens is 328 g/mol. The summed E-state index contributed by atoms with van der Waals surface area (Å²) in [6, 6.07) is 10.3. The molecule has 2 nitrogen and oxygen atoms in total. The molecule has 0 heterocycles. The third-order valence-electron chi connectivity index (χ3n) is 4.22. The van der Waals surface area contributed by atoms with E-state index in [9.17, 15) is 9.90 Å². The Hall–Kier alpha value is -1.06. The molecule has 1 aromatic carbocycles. The van der Waals surface area contributed by atoms with Gasteiger partial charge in [0.15, 0.2) is 5.12 Å². The van der Waals surface area contributed by atoms with Crippen molar-refractivity contribution in [2.45, 2.75) is 77.1 Å². The molecule has 0 saturated heterocycles. The van der Waals surface area contributed by atoms with Crippen LogP contribution >= 0.6 is 11.8 Å². The topological polar surface area (TPSA) is 37.3 Å². The normalized spacial score (nSPS) is 15.9. The van der Waals surface area contributed by atoms with Crippen molar-refractivity contribution in [3.63, 3.8) is 0 Å². The Morgan fingerprint density at radius 2 is 1.88 bits per heavy atom. The molecule has 0 aromatic heterocycles. The van der Waals surface area contributed by atoms with Crippen molar-refractivity contribution in [3.05, 3.63) is 48.0 Å². The molecule has 3 atom stereocenters. The van der Waals surface area contributed by atoms with Gasteiger partial charge in [0.1, 0.15) is 0 Å². The first-order chi connectivity index (χ1) is 11.7. The van der Waals surface area contributed by atoms with E-state index in [0.717, 1.165) is 6.42 Å². The second-order valence-corrected chi connectivity index (χ2v) is 9.61. The van der Waals surface area contributed by atoms with Crippen LogP contribution in [0, 0.1) is 5.92 Å². The van der Waals surface area contributed by atoms with Crippen molar-refractivity contribution in [2.75, 3.05) is 0 Å². The minimum Gasteiger partial charge on any atom is -0.392 e. The Balaban J connectivity index is 2.82. The molecule has 0 spiro atoms. The third kappa shape index (κ3) is 8.73. The summed E-state index contributed by atoms with van der Waals surface area (Å²) in [4.78, 5) is 12.2. The molecule has 140 valence electrons. The molecule has 25 heavy (non-hydrogen) atoms. The van der Waals surface area contributed by atoms with Crippen molar-refractivity contribution in [1.29, 1.82) is 0 Å². The van der Waals surface area contributed by atoms with E-state index >= 15 is 0 Å². The van der Waals surface area contributed by atoms with Crippen LogP contribution in [0.4, 0.5) is 0 Å². The van der Waals surface area contributed by atoms with Gasteiger partial charge in [0.2, 0.25) is 0 Å². The van der Waals surface area contributed by atoms with Crippen LogP contribution in [0.3, 0.4) is 0 Å². The molecule has 0 amide bonds. The van der Waals surface area contributed by atoms with Crippen molar-refractivity contribution >= 4 is 16.9 Å². The number of aliphatic hydroxyl groups excluding tert-OH is 1. The monoisotopic (exact) mass is 362 g/mol. The van der Waals surface area contributed by atoms with Crippen LogP contribution in [-0.4, -0.2) is 21.1 Å². The van der Waals surface area contributed by atoms with Gasteiger partial charge in [-0.05, 0) is 17.9 Å². The Kier molecular flexibility index (Phi) is 9.52. The Morgan fingerprint density at radius 1 is 1.24 bits per heavy atom. The number of allylic oxidation sites excluding steroid dienone is 2. The van der Waals surface area contributed by atoms with Crippen LogP contribution in [0.5, 0.6) is 0 Å². The molecule has 0 bridgehead atoms. The van der Waals surface area contributed by atoms with Gasteiger partial charge in [0.25, 0.3) is 0 Å². The lowest BCUT2D eigenvalue weighted by molar-refractivity contribution is -0.113. The second kappa shape index (κ2) is 10.8. The number of rotatable bonds is 9. The molecule has 0 saturated carbocycles. The Labute approximate surface area is 158 Å². The average Bonchev–Trinajstić information content (AvgIpc) is 2.53. The molecule has 0 aliphatic rings. The van der Waals surface area contributed by atoms with Gasteiger partial charge in [-0.3, -0.25) is 4.79 Å². The van der Waals surface area contributed by atoms with Crippen LogP contribution in [0.2, 0.25) is 0 Å². The Bertz CT molecular complexity index is 531. The highest BCUT2D eigenvalue weighted by atomic mass is 32.2. The van der Waals surface area contributed by atoms with Gasteiger partial charge in [-0.2, -0.15) is 0 Å². The minimum atomic E-state index is -0.636. The maximum atomic E-state index is 12.2. The van der Waals surface area contributed by atoms with Crippen LogP contribution < -0.4 is 0 Å². The molecule has 1 rings (SSSR count). The van der Waals surface area contributed by atoms with E-state index in [0.29, 0.717) is 0 Å². The standard InChI is InChI=1S/C22H34O2S/c1-6-7-8-12-15-19(18-13-10-9-11-14-18)17(2)20(23)16-21(24)25-22(3,4)5/h9-15,17,19-20,23H,6-8,16H2,1-5H3/b15-12+/t17-,19+,20-/m0/s1. The molecule has 1 aromatic rings. The number of thioether (sulfide) groups is 1. The summed E-state index contributed by atoms with van der Waals surface area (Å²) in [5.74, 6) is 0.116. The van der Waals surface area contributed by atoms with Gasteiger partial charge in [-0.25, -0.2) is 0 Å². The zero-order valence-electron chi connectivity index (χ0n) is 16.4. The molecule has 0 unspecified atom stereocenters. The van der Waals surface area contributed by atoms with Crippen LogP contribution in [0.15, 0.2) is 42.5 Å². The van der Waals surface area contributed by atoms with E-state index in [1.165, 1.54) is 30.2 Å². The van der Waals surface area contributed by atoms with Gasteiger partial charge in [0, 0.05) is 17.1 Å². The zero-order chi connectivity index (χ0) is 18.9. The highest BCUT2D eigenvalue weighted by Crippen LogP contribution is 2.32. The first kappa shape index (κ1) is 22.0. The fourth-order valence-electron chi connectivity index (χ4n) is 2.81. The SMILES string of the molecule is CCCC/C=C/[C@@H](c1ccccc1)[C@H](C)[C@@H](O)CC(=O)SC(C)(C)C. The summed E-state index contributed by atoms with van der Waals surface area (Å²) in [5.41, 5.74) is 1.19. The van der Waals surface area contributed by atoms with E-state index in [1.807, 2.05) is 45.9 Å². The summed E-state index contributed by atoms with van der Waals surface area (Å²) in [7, 11) is 0. The number of unbranched alkanes of at least 4 members (excludes halogenated alkanes) is 2. The van der Waals surface area contributed by atoms with E-state index in [1.54, 1.807) is 0 Å². The predicted octanol–water partition coefficient (Wildman–Crippen LogP) is 5.96. The number of aliphatic hydroxyl groups is 1. The Morgan fingerprint density at radius 3 is 2.44 bits per heavy atom. The number of carbonyl (C=O) groups is 1. The quantitative estimate of drug-likeness (QED) is 0.435. The van der Waals surface area contributed by atoms with E-state index in [-0.39, 0.29) is 28.1 Å². The van der Waals surface area contributed by atoms with Gasteiger partial charge in [0.05, 0.1) is 6.10 Å². The molecular formula is C22H34O2S. The lowest BCUT2D eigenvalue weighted by atomic mass is 9.82. The van der Waals surface area contributed by atoms with Crippen molar-refractivity contribution < 1.29 is 9.90 Å². The highest BCUT2D eigenvalue weighted by molar-refractivity contribution is 8.14. The van der Waals surface area contributed by atoms with Crippen molar-refractivity contribution in [1.82, 2.24) is 0 Å². The lowest BCUT2D eigenvalue weighted by Gasteiger charge is -2.27. The first-order valence-electron chi connectivity index (χ1n) is 9.36. The average molecular weight is 363 g/mol. The summed E-state index contributed by atoms with van der Waals surface area (Å²) in [6.45, 7) is 10.3. The molecule has 0 aliphatic carbocycles. The van der Waals surface area contributed by atoms with Gasteiger partial charge in [-0.1, -0.05) is 102 Å². The third-order valence-corrected chi connectivity index (χ3v) is 5.23. The van der Waals surface area contributed by atoms with Crippen molar-refractivity contribution in [2.24, 2.45) is 5.92 Å². The van der Waals surface area contributed by atoms with E-state index in [4.69, 9.17) is 0 Å². The van der Waals surface area contributed by atoms with E-state index in [2.05, 4.69) is 31.2 Å². The zero-order valence-corrected chi connectivity index (χ0v) is 17.2. The van der Waals surface area contributed by atoms with E-state index < -0.39 is 6.10 Å². The number of hydrogen-bond acceptors (Lipinski definition) is 3. The fourth-order valence-corrected chi connectivity index (χ4v) is 3.75. The molecule has 0 aliphatic heterocycles. The largest absolute Gasteiger partial charge is 0.392 e. The number of benzene rings is 1. The van der Waals surface area contributed by atoms with Crippen molar-refractivity contribution in [3.8, 4) is 0 Å². The van der Waals surface area contributed by atoms with Crippen LogP contribution in [0.25, 0.3) is 0 Å². The van der Waals surface area contributed by atoms with Gasteiger partial charge < -0.3 is 5.11 Å². The second-order valence-electron chi connectivity index (χ2n) is 7.72. The maximum absolute atomic E-state index is 12.2. The summed E-state index contributed by atoms with van der Waals surface area (Å²) in [5, 5.41) is 10.7. The summed E-state index contributed by atoms with van der Waals surface area (Å²) >= 11 is 1.32. The fraction of sp³-hybridized carbons (Fsp3) is 0.591. The number of carbonyl (C=O) groups excluding carboxylic acids is 1. The summed E-state index contributed by atoms with van der Waals surface area (Å²) in [6.07, 6.45) is 7.41.